The van der Waals surface area contributed by atoms with Gasteiger partial charge in [0.15, 0.2) is 0 Å². The quantitative estimate of drug-likeness (QED) is 0.703. The van der Waals surface area contributed by atoms with Gasteiger partial charge in [-0.1, -0.05) is 0 Å². The Morgan fingerprint density at radius 2 is 2.00 bits per heavy atom. The highest BCUT2D eigenvalue weighted by atomic mass is 16.3. The monoisotopic (exact) mass is 207 g/mol. The third-order valence-electron chi connectivity index (χ3n) is 2.55. The second-order valence-electron chi connectivity index (χ2n) is 3.62. The Labute approximate surface area is 87.9 Å². The van der Waals surface area contributed by atoms with E-state index in [-0.39, 0.29) is 11.8 Å². The van der Waals surface area contributed by atoms with Gasteiger partial charge >= 0.3 is 0 Å². The molecule has 0 saturated carbocycles. The van der Waals surface area contributed by atoms with Crippen LogP contribution in [-0.2, 0) is 16.0 Å². The number of piperidine rings is 1. The van der Waals surface area contributed by atoms with Gasteiger partial charge in [-0.15, -0.1) is 0 Å². The maximum atomic E-state index is 11.4. The van der Waals surface area contributed by atoms with Gasteiger partial charge in [-0.25, -0.2) is 0 Å². The highest BCUT2D eigenvalue weighted by molar-refractivity contribution is 5.97. The molecule has 1 aromatic rings. The largest absolute Gasteiger partial charge is 0.469 e. The Morgan fingerprint density at radius 1 is 1.27 bits per heavy atom. The summed E-state index contributed by atoms with van der Waals surface area (Å²) in [6.45, 7) is 0.436. The van der Waals surface area contributed by atoms with E-state index in [1.54, 1.807) is 12.3 Å². The molecule has 0 N–H and O–H groups in total. The van der Waals surface area contributed by atoms with E-state index in [4.69, 9.17) is 4.42 Å². The minimum Gasteiger partial charge on any atom is -0.469 e. The molecule has 2 amide bonds. The first-order valence-corrected chi connectivity index (χ1v) is 5.13. The summed E-state index contributed by atoms with van der Waals surface area (Å²) in [6.07, 6.45) is 3.86. The molecule has 4 nitrogen and oxygen atoms in total. The molecule has 1 aliphatic rings. The first kappa shape index (κ1) is 9.96. The number of carbonyl (C=O) groups is 2. The van der Waals surface area contributed by atoms with Crippen molar-refractivity contribution in [3.63, 3.8) is 0 Å². The molecule has 1 saturated heterocycles. The lowest BCUT2D eigenvalue weighted by Crippen LogP contribution is -2.41. The molecule has 0 radical (unpaired) electrons. The number of nitrogens with zero attached hydrogens (tertiary/aromatic N) is 1. The Bertz CT molecular complexity index is 340. The summed E-state index contributed by atoms with van der Waals surface area (Å²) >= 11 is 0. The zero-order valence-corrected chi connectivity index (χ0v) is 8.44. The lowest BCUT2D eigenvalue weighted by atomic mass is 10.1. The molecule has 2 heterocycles. The Morgan fingerprint density at radius 3 is 2.60 bits per heavy atom. The average molecular weight is 207 g/mol. The SMILES string of the molecule is O=C1CCCC(=O)N1CCc1ccco1. The second kappa shape index (κ2) is 4.29. The molecule has 1 aliphatic heterocycles. The normalized spacial score (nSPS) is 17.2. The van der Waals surface area contributed by atoms with Crippen LogP contribution in [0.3, 0.4) is 0 Å². The van der Waals surface area contributed by atoms with Crippen molar-refractivity contribution in [1.82, 2.24) is 4.90 Å². The van der Waals surface area contributed by atoms with Gasteiger partial charge in [0.05, 0.1) is 6.26 Å². The number of furan rings is 1. The number of imide groups is 1. The minimum absolute atomic E-state index is 0.0576. The van der Waals surface area contributed by atoms with Crippen LogP contribution in [0.25, 0.3) is 0 Å². The van der Waals surface area contributed by atoms with Crippen LogP contribution < -0.4 is 0 Å². The summed E-state index contributed by atoms with van der Waals surface area (Å²) in [5.74, 6) is 0.691. The lowest BCUT2D eigenvalue weighted by Gasteiger charge is -2.24. The van der Waals surface area contributed by atoms with E-state index in [2.05, 4.69) is 0 Å². The third kappa shape index (κ3) is 2.26. The van der Waals surface area contributed by atoms with Crippen LogP contribution in [0.5, 0.6) is 0 Å². The van der Waals surface area contributed by atoms with Crippen LogP contribution in [0, 0.1) is 0 Å². The number of hydrogen-bond donors (Lipinski definition) is 0. The summed E-state index contributed by atoms with van der Waals surface area (Å²) in [5.41, 5.74) is 0. The molecule has 0 aromatic carbocycles. The van der Waals surface area contributed by atoms with Gasteiger partial charge < -0.3 is 4.42 Å². The molecule has 0 spiro atoms. The Balaban J connectivity index is 1.92. The van der Waals surface area contributed by atoms with E-state index in [0.29, 0.717) is 32.2 Å². The average Bonchev–Trinajstić information content (AvgIpc) is 2.70. The van der Waals surface area contributed by atoms with E-state index in [1.807, 2.05) is 6.07 Å². The van der Waals surface area contributed by atoms with Gasteiger partial charge in [0.2, 0.25) is 11.8 Å². The van der Waals surface area contributed by atoms with E-state index in [9.17, 15) is 9.59 Å². The van der Waals surface area contributed by atoms with Crippen LogP contribution in [0.4, 0.5) is 0 Å². The van der Waals surface area contributed by atoms with E-state index < -0.39 is 0 Å². The summed E-state index contributed by atoms with van der Waals surface area (Å²) in [4.78, 5) is 24.2. The van der Waals surface area contributed by atoms with Crippen LogP contribution in [0.2, 0.25) is 0 Å². The molecule has 15 heavy (non-hydrogen) atoms. The summed E-state index contributed by atoms with van der Waals surface area (Å²) < 4.78 is 5.15. The number of likely N-dealkylation sites (tertiary alicyclic amines) is 1. The number of carbonyl (C=O) groups excluding carboxylic acids is 2. The molecule has 1 aromatic heterocycles. The molecule has 80 valence electrons. The Hall–Kier alpha value is -1.58. The fourth-order valence-corrected chi connectivity index (χ4v) is 1.73. The molecule has 1 fully saturated rings. The molecular formula is C11H13NO3. The summed E-state index contributed by atoms with van der Waals surface area (Å²) in [6, 6.07) is 3.65. The first-order chi connectivity index (χ1) is 7.27. The van der Waals surface area contributed by atoms with Crippen LogP contribution in [0.1, 0.15) is 25.0 Å². The molecule has 0 unspecified atom stereocenters. The lowest BCUT2D eigenvalue weighted by molar-refractivity contribution is -0.147. The minimum atomic E-state index is -0.0576. The predicted octanol–water partition coefficient (Wildman–Crippen LogP) is 1.36. The van der Waals surface area contributed by atoms with E-state index in [0.717, 1.165) is 5.76 Å². The highest BCUT2D eigenvalue weighted by Crippen LogP contribution is 2.13. The predicted molar refractivity (Wildman–Crippen MR) is 53.0 cm³/mol. The van der Waals surface area contributed by atoms with Crippen LogP contribution >= 0.6 is 0 Å². The maximum absolute atomic E-state index is 11.4. The van der Waals surface area contributed by atoms with Gasteiger partial charge in [-0.2, -0.15) is 0 Å². The Kier molecular flexibility index (Phi) is 2.85. The van der Waals surface area contributed by atoms with Crippen molar-refractivity contribution < 1.29 is 14.0 Å². The van der Waals surface area contributed by atoms with Gasteiger partial charge in [-0.3, -0.25) is 14.5 Å². The van der Waals surface area contributed by atoms with Crippen molar-refractivity contribution in [1.29, 1.82) is 0 Å². The molecule has 0 aliphatic carbocycles. The van der Waals surface area contributed by atoms with Crippen molar-refractivity contribution in [2.75, 3.05) is 6.54 Å². The smallest absolute Gasteiger partial charge is 0.229 e. The fraction of sp³-hybridized carbons (Fsp3) is 0.455. The molecule has 0 bridgehead atoms. The summed E-state index contributed by atoms with van der Waals surface area (Å²) in [5, 5.41) is 0. The molecular weight excluding hydrogens is 194 g/mol. The van der Waals surface area contributed by atoms with Gasteiger partial charge in [0.25, 0.3) is 0 Å². The van der Waals surface area contributed by atoms with E-state index >= 15 is 0 Å². The third-order valence-corrected chi connectivity index (χ3v) is 2.55. The topological polar surface area (TPSA) is 50.5 Å². The second-order valence-corrected chi connectivity index (χ2v) is 3.62. The van der Waals surface area contributed by atoms with Crippen LogP contribution in [-0.4, -0.2) is 23.3 Å². The number of amides is 2. The maximum Gasteiger partial charge on any atom is 0.229 e. The summed E-state index contributed by atoms with van der Waals surface area (Å²) in [7, 11) is 0. The molecule has 4 heteroatoms. The number of rotatable bonds is 3. The highest BCUT2D eigenvalue weighted by Gasteiger charge is 2.25. The zero-order valence-electron chi connectivity index (χ0n) is 8.44. The standard InChI is InChI=1S/C11H13NO3/c13-10-4-1-5-11(14)12(10)7-6-9-3-2-8-15-9/h2-3,8H,1,4-7H2. The van der Waals surface area contributed by atoms with Crippen molar-refractivity contribution in [2.45, 2.75) is 25.7 Å². The van der Waals surface area contributed by atoms with Crippen molar-refractivity contribution in [3.05, 3.63) is 24.2 Å². The molecule has 0 atom stereocenters. The van der Waals surface area contributed by atoms with Crippen LogP contribution in [0.15, 0.2) is 22.8 Å². The van der Waals surface area contributed by atoms with Crippen molar-refractivity contribution in [2.24, 2.45) is 0 Å². The number of hydrogen-bond acceptors (Lipinski definition) is 3. The van der Waals surface area contributed by atoms with Gasteiger partial charge in [0, 0.05) is 25.8 Å². The fourth-order valence-electron chi connectivity index (χ4n) is 1.73. The van der Waals surface area contributed by atoms with Crippen molar-refractivity contribution >= 4 is 11.8 Å². The van der Waals surface area contributed by atoms with Gasteiger partial charge in [0.1, 0.15) is 5.76 Å². The first-order valence-electron chi connectivity index (χ1n) is 5.13. The van der Waals surface area contributed by atoms with Gasteiger partial charge in [-0.05, 0) is 18.6 Å². The molecule has 2 rings (SSSR count). The zero-order chi connectivity index (χ0) is 10.7. The van der Waals surface area contributed by atoms with E-state index in [1.165, 1.54) is 4.90 Å². The van der Waals surface area contributed by atoms with Crippen molar-refractivity contribution in [3.8, 4) is 0 Å².